The molecule has 0 atom stereocenters. The highest BCUT2D eigenvalue weighted by Crippen LogP contribution is 2.32. The van der Waals surface area contributed by atoms with E-state index in [1.165, 1.54) is 44.6 Å². The zero-order valence-electron chi connectivity index (χ0n) is 13.5. The Hall–Kier alpha value is -2.48. The summed E-state index contributed by atoms with van der Waals surface area (Å²) in [5, 5.41) is 2.60. The van der Waals surface area contributed by atoms with Gasteiger partial charge in [-0.1, -0.05) is 42.5 Å². The first kappa shape index (κ1) is 13.2. The number of para-hydroxylation sites is 1. The number of imidazole rings is 1. The standard InChI is InChI=1S/C20H20N2/c1-13-8-7-9-14(2)19(13)22-16(4)15(3)21-12-17-10-5-6-11-18(17)20(21)22/h5-12H,1-4H3. The summed E-state index contributed by atoms with van der Waals surface area (Å²) < 4.78 is 4.74. The third-order valence-corrected chi connectivity index (χ3v) is 4.79. The molecular formula is C20H20N2. The molecule has 4 aromatic rings. The molecule has 0 saturated carbocycles. The molecule has 0 spiro atoms. The van der Waals surface area contributed by atoms with E-state index >= 15 is 0 Å². The van der Waals surface area contributed by atoms with Crippen molar-refractivity contribution in [2.45, 2.75) is 27.7 Å². The fourth-order valence-electron chi connectivity index (χ4n) is 3.55. The van der Waals surface area contributed by atoms with Crippen LogP contribution in [-0.2, 0) is 0 Å². The molecule has 2 aromatic heterocycles. The summed E-state index contributed by atoms with van der Waals surface area (Å²) in [6.07, 6.45) is 2.25. The highest BCUT2D eigenvalue weighted by Gasteiger charge is 2.18. The van der Waals surface area contributed by atoms with Crippen molar-refractivity contribution >= 4 is 16.4 Å². The van der Waals surface area contributed by atoms with Crippen LogP contribution in [0.25, 0.3) is 22.1 Å². The Balaban J connectivity index is 2.24. The minimum absolute atomic E-state index is 1.27. The topological polar surface area (TPSA) is 9.34 Å². The van der Waals surface area contributed by atoms with Crippen molar-refractivity contribution in [1.82, 2.24) is 8.97 Å². The van der Waals surface area contributed by atoms with Gasteiger partial charge in [0, 0.05) is 28.4 Å². The van der Waals surface area contributed by atoms with Gasteiger partial charge in [-0.15, -0.1) is 0 Å². The first-order chi connectivity index (χ1) is 10.6. The van der Waals surface area contributed by atoms with Gasteiger partial charge in [-0.05, 0) is 38.8 Å². The average Bonchev–Trinajstić information content (AvgIpc) is 2.98. The molecule has 0 radical (unpaired) electrons. The maximum Gasteiger partial charge on any atom is 0.129 e. The summed E-state index contributed by atoms with van der Waals surface area (Å²) in [5.74, 6) is 0. The van der Waals surface area contributed by atoms with Gasteiger partial charge < -0.3 is 4.40 Å². The minimum Gasteiger partial charge on any atom is -0.304 e. The van der Waals surface area contributed by atoms with Crippen LogP contribution in [0.2, 0.25) is 0 Å². The summed E-state index contributed by atoms with van der Waals surface area (Å²) in [6, 6.07) is 15.1. The van der Waals surface area contributed by atoms with Gasteiger partial charge in [0.05, 0.1) is 5.69 Å². The lowest BCUT2D eigenvalue weighted by atomic mass is 10.1. The first-order valence-electron chi connectivity index (χ1n) is 7.74. The highest BCUT2D eigenvalue weighted by molar-refractivity contribution is 5.97. The van der Waals surface area contributed by atoms with E-state index in [-0.39, 0.29) is 0 Å². The molecular weight excluding hydrogens is 268 g/mol. The number of hydrogen-bond donors (Lipinski definition) is 0. The molecule has 22 heavy (non-hydrogen) atoms. The zero-order chi connectivity index (χ0) is 15.4. The number of hydrogen-bond acceptors (Lipinski definition) is 0. The summed E-state index contributed by atoms with van der Waals surface area (Å²) in [6.45, 7) is 8.80. The predicted molar refractivity (Wildman–Crippen MR) is 93.2 cm³/mol. The molecule has 4 rings (SSSR count). The normalized spacial score (nSPS) is 11.6. The SMILES string of the molecule is Cc1cccc(C)c1-n1c(C)c(C)n2cc3ccccc3c12. The van der Waals surface area contributed by atoms with Gasteiger partial charge in [0.1, 0.15) is 5.65 Å². The first-order valence-corrected chi connectivity index (χ1v) is 7.74. The molecule has 2 heteroatoms. The van der Waals surface area contributed by atoms with Gasteiger partial charge >= 0.3 is 0 Å². The molecule has 2 nitrogen and oxygen atoms in total. The van der Waals surface area contributed by atoms with Crippen LogP contribution < -0.4 is 0 Å². The Kier molecular flexibility index (Phi) is 2.70. The van der Waals surface area contributed by atoms with Gasteiger partial charge in [-0.2, -0.15) is 0 Å². The Morgan fingerprint density at radius 2 is 1.41 bits per heavy atom. The van der Waals surface area contributed by atoms with Crippen LogP contribution in [0.4, 0.5) is 0 Å². The lowest BCUT2D eigenvalue weighted by molar-refractivity contribution is 1.01. The number of nitrogens with zero attached hydrogens (tertiary/aromatic N) is 2. The van der Waals surface area contributed by atoms with Gasteiger partial charge in [-0.3, -0.25) is 4.57 Å². The van der Waals surface area contributed by atoms with Crippen LogP contribution in [-0.4, -0.2) is 8.97 Å². The number of aryl methyl sites for hydroxylation is 3. The second-order valence-electron chi connectivity index (χ2n) is 6.16. The summed E-state index contributed by atoms with van der Waals surface area (Å²) >= 11 is 0. The molecule has 0 fully saturated rings. The van der Waals surface area contributed by atoms with Crippen LogP contribution >= 0.6 is 0 Å². The Morgan fingerprint density at radius 1 is 0.727 bits per heavy atom. The van der Waals surface area contributed by atoms with E-state index in [0.717, 1.165) is 0 Å². The van der Waals surface area contributed by atoms with E-state index in [0.29, 0.717) is 0 Å². The number of rotatable bonds is 1. The lowest BCUT2D eigenvalue weighted by Gasteiger charge is -2.14. The van der Waals surface area contributed by atoms with Crippen molar-refractivity contribution in [2.75, 3.05) is 0 Å². The van der Waals surface area contributed by atoms with Crippen LogP contribution in [0.1, 0.15) is 22.5 Å². The zero-order valence-corrected chi connectivity index (χ0v) is 13.5. The van der Waals surface area contributed by atoms with Crippen LogP contribution in [0.15, 0.2) is 48.7 Å². The second-order valence-corrected chi connectivity index (χ2v) is 6.16. The maximum absolute atomic E-state index is 2.42. The largest absolute Gasteiger partial charge is 0.304 e. The molecule has 0 unspecified atom stereocenters. The minimum atomic E-state index is 1.27. The van der Waals surface area contributed by atoms with Crippen molar-refractivity contribution in [1.29, 1.82) is 0 Å². The van der Waals surface area contributed by atoms with Crippen LogP contribution in [0, 0.1) is 27.7 Å². The van der Waals surface area contributed by atoms with E-state index < -0.39 is 0 Å². The number of fused-ring (bicyclic) bond motifs is 3. The van der Waals surface area contributed by atoms with E-state index in [1.54, 1.807) is 0 Å². The van der Waals surface area contributed by atoms with Crippen molar-refractivity contribution in [3.05, 3.63) is 71.2 Å². The van der Waals surface area contributed by atoms with Crippen molar-refractivity contribution < 1.29 is 0 Å². The fourth-order valence-corrected chi connectivity index (χ4v) is 3.55. The van der Waals surface area contributed by atoms with E-state index in [1.807, 2.05) is 0 Å². The highest BCUT2D eigenvalue weighted by atomic mass is 15.1. The lowest BCUT2D eigenvalue weighted by Crippen LogP contribution is -2.02. The summed E-state index contributed by atoms with van der Waals surface area (Å²) in [7, 11) is 0. The molecule has 0 aliphatic heterocycles. The molecule has 110 valence electrons. The Labute approximate surface area is 130 Å². The van der Waals surface area contributed by atoms with E-state index in [4.69, 9.17) is 0 Å². The third-order valence-electron chi connectivity index (χ3n) is 4.79. The Morgan fingerprint density at radius 3 is 2.14 bits per heavy atom. The van der Waals surface area contributed by atoms with Gasteiger partial charge in [-0.25, -0.2) is 0 Å². The quantitative estimate of drug-likeness (QED) is 0.460. The summed E-state index contributed by atoms with van der Waals surface area (Å²) in [4.78, 5) is 0. The van der Waals surface area contributed by atoms with E-state index in [2.05, 4.69) is 85.3 Å². The van der Waals surface area contributed by atoms with Crippen molar-refractivity contribution in [3.63, 3.8) is 0 Å². The number of aromatic nitrogens is 2. The third kappa shape index (κ3) is 1.61. The van der Waals surface area contributed by atoms with Crippen molar-refractivity contribution in [3.8, 4) is 5.69 Å². The van der Waals surface area contributed by atoms with Gasteiger partial charge in [0.15, 0.2) is 0 Å². The van der Waals surface area contributed by atoms with Gasteiger partial charge in [0.25, 0.3) is 0 Å². The second kappa shape index (κ2) is 4.51. The van der Waals surface area contributed by atoms with Crippen molar-refractivity contribution in [2.24, 2.45) is 0 Å². The number of benzene rings is 2. The Bertz CT molecular complexity index is 995. The molecule has 0 aliphatic rings. The summed E-state index contributed by atoms with van der Waals surface area (Å²) in [5.41, 5.74) is 7.80. The van der Waals surface area contributed by atoms with Crippen LogP contribution in [0.3, 0.4) is 0 Å². The fraction of sp³-hybridized carbons (Fsp3) is 0.200. The van der Waals surface area contributed by atoms with E-state index in [9.17, 15) is 0 Å². The maximum atomic E-state index is 2.42. The molecule has 0 amide bonds. The predicted octanol–water partition coefficient (Wildman–Crippen LogP) is 5.12. The smallest absolute Gasteiger partial charge is 0.129 e. The van der Waals surface area contributed by atoms with Gasteiger partial charge in [0.2, 0.25) is 0 Å². The molecule has 0 N–H and O–H groups in total. The molecule has 2 heterocycles. The average molecular weight is 288 g/mol. The van der Waals surface area contributed by atoms with Crippen LogP contribution in [0.5, 0.6) is 0 Å². The molecule has 2 aromatic carbocycles. The molecule has 0 bridgehead atoms. The molecule has 0 saturated heterocycles. The monoisotopic (exact) mass is 288 g/mol. The molecule has 0 aliphatic carbocycles.